The maximum absolute atomic E-state index is 5.57. The summed E-state index contributed by atoms with van der Waals surface area (Å²) < 4.78 is 0. The van der Waals surface area contributed by atoms with Gasteiger partial charge in [0.05, 0.1) is 10.5 Å². The van der Waals surface area contributed by atoms with Crippen LogP contribution in [-0.4, -0.2) is 9.97 Å². The monoisotopic (exact) mass is 282 g/mol. The van der Waals surface area contributed by atoms with Gasteiger partial charge in [-0.3, -0.25) is 0 Å². The van der Waals surface area contributed by atoms with Crippen LogP contribution in [-0.2, 0) is 5.75 Å². The molecule has 0 aliphatic carbocycles. The standard InChI is InChI=1S/C15H14N4S/c16-19-15-12(10-20-14-7-3-4-8-17-14)9-11-5-1-2-6-13(11)18-15/h1-9H,10,16H2,(H,18,19). The summed E-state index contributed by atoms with van der Waals surface area (Å²) in [7, 11) is 0. The van der Waals surface area contributed by atoms with Gasteiger partial charge in [-0.2, -0.15) is 0 Å². The Bertz CT molecular complexity index is 715. The van der Waals surface area contributed by atoms with Gasteiger partial charge in [-0.05, 0) is 24.3 Å². The van der Waals surface area contributed by atoms with Crippen molar-refractivity contribution in [2.75, 3.05) is 5.43 Å². The minimum Gasteiger partial charge on any atom is -0.308 e. The van der Waals surface area contributed by atoms with E-state index in [4.69, 9.17) is 5.84 Å². The van der Waals surface area contributed by atoms with Crippen LogP contribution in [0.5, 0.6) is 0 Å². The number of aromatic nitrogens is 2. The van der Waals surface area contributed by atoms with Crippen molar-refractivity contribution >= 4 is 28.5 Å². The van der Waals surface area contributed by atoms with E-state index in [0.29, 0.717) is 5.82 Å². The first kappa shape index (κ1) is 12.9. The van der Waals surface area contributed by atoms with Crippen molar-refractivity contribution < 1.29 is 0 Å². The molecule has 0 saturated carbocycles. The molecule has 0 saturated heterocycles. The van der Waals surface area contributed by atoms with E-state index in [1.54, 1.807) is 18.0 Å². The van der Waals surface area contributed by atoms with Crippen molar-refractivity contribution in [1.82, 2.24) is 9.97 Å². The van der Waals surface area contributed by atoms with Crippen LogP contribution in [0.4, 0.5) is 5.82 Å². The number of hydrazine groups is 1. The molecule has 2 heterocycles. The number of nitrogens with zero attached hydrogens (tertiary/aromatic N) is 2. The first-order valence-electron chi connectivity index (χ1n) is 6.26. The molecule has 0 aliphatic heterocycles. The highest BCUT2D eigenvalue weighted by Crippen LogP contribution is 2.26. The molecule has 20 heavy (non-hydrogen) atoms. The number of benzene rings is 1. The zero-order valence-electron chi connectivity index (χ0n) is 10.8. The van der Waals surface area contributed by atoms with E-state index in [9.17, 15) is 0 Å². The molecule has 0 spiro atoms. The summed E-state index contributed by atoms with van der Waals surface area (Å²) in [6.45, 7) is 0. The number of nitrogens with one attached hydrogen (secondary N) is 1. The van der Waals surface area contributed by atoms with Gasteiger partial charge in [0.25, 0.3) is 0 Å². The van der Waals surface area contributed by atoms with Crippen LogP contribution < -0.4 is 11.3 Å². The maximum atomic E-state index is 5.57. The highest BCUT2D eigenvalue weighted by Gasteiger charge is 2.06. The summed E-state index contributed by atoms with van der Waals surface area (Å²) in [6.07, 6.45) is 1.79. The molecule has 0 bridgehead atoms. The number of nitrogen functional groups attached to an aromatic ring is 1. The Hall–Kier alpha value is -2.11. The number of anilines is 1. The average molecular weight is 282 g/mol. The number of hydrogen-bond acceptors (Lipinski definition) is 5. The topological polar surface area (TPSA) is 63.8 Å². The minimum absolute atomic E-state index is 0.715. The van der Waals surface area contributed by atoms with Crippen LogP contribution >= 0.6 is 11.8 Å². The Morgan fingerprint density at radius 3 is 2.75 bits per heavy atom. The van der Waals surface area contributed by atoms with Gasteiger partial charge >= 0.3 is 0 Å². The van der Waals surface area contributed by atoms with Crippen molar-refractivity contribution in [3.8, 4) is 0 Å². The Morgan fingerprint density at radius 2 is 1.95 bits per heavy atom. The number of nitrogens with two attached hydrogens (primary N) is 1. The second-order valence-corrected chi connectivity index (χ2v) is 5.29. The fourth-order valence-electron chi connectivity index (χ4n) is 1.98. The molecule has 0 atom stereocenters. The lowest BCUT2D eigenvalue weighted by Crippen LogP contribution is -2.11. The predicted molar refractivity (Wildman–Crippen MR) is 83.4 cm³/mol. The van der Waals surface area contributed by atoms with Crippen LogP contribution in [0, 0.1) is 0 Å². The fourth-order valence-corrected chi connectivity index (χ4v) is 2.81. The number of thioether (sulfide) groups is 1. The molecule has 3 N–H and O–H groups in total. The largest absolute Gasteiger partial charge is 0.308 e. The Labute approximate surface area is 121 Å². The van der Waals surface area contributed by atoms with Crippen molar-refractivity contribution in [2.45, 2.75) is 10.8 Å². The van der Waals surface area contributed by atoms with E-state index in [1.165, 1.54) is 0 Å². The van der Waals surface area contributed by atoms with Crippen molar-refractivity contribution in [3.05, 3.63) is 60.3 Å². The Morgan fingerprint density at radius 1 is 1.10 bits per heavy atom. The van der Waals surface area contributed by atoms with E-state index < -0.39 is 0 Å². The summed E-state index contributed by atoms with van der Waals surface area (Å²) in [6, 6.07) is 16.0. The summed E-state index contributed by atoms with van der Waals surface area (Å²) in [5, 5.41) is 2.10. The maximum Gasteiger partial charge on any atom is 0.144 e. The van der Waals surface area contributed by atoms with Gasteiger partial charge in [0, 0.05) is 22.9 Å². The predicted octanol–water partition coefficient (Wildman–Crippen LogP) is 3.21. The number of para-hydroxylation sites is 1. The van der Waals surface area contributed by atoms with Gasteiger partial charge in [0.15, 0.2) is 0 Å². The van der Waals surface area contributed by atoms with Crippen molar-refractivity contribution in [3.63, 3.8) is 0 Å². The van der Waals surface area contributed by atoms with Gasteiger partial charge in [-0.15, -0.1) is 11.8 Å². The second-order valence-electron chi connectivity index (χ2n) is 4.29. The van der Waals surface area contributed by atoms with E-state index in [2.05, 4.69) is 27.5 Å². The molecular weight excluding hydrogens is 268 g/mol. The van der Waals surface area contributed by atoms with Crippen molar-refractivity contribution in [1.29, 1.82) is 0 Å². The quantitative estimate of drug-likeness (QED) is 0.437. The van der Waals surface area contributed by atoms with Crippen molar-refractivity contribution in [2.24, 2.45) is 5.84 Å². The summed E-state index contributed by atoms with van der Waals surface area (Å²) >= 11 is 1.66. The summed E-state index contributed by atoms with van der Waals surface area (Å²) in [5.74, 6) is 7.06. The molecule has 0 amide bonds. The lowest BCUT2D eigenvalue weighted by Gasteiger charge is -2.09. The number of rotatable bonds is 4. The van der Waals surface area contributed by atoms with E-state index in [1.807, 2.05) is 36.4 Å². The first-order valence-corrected chi connectivity index (χ1v) is 7.24. The molecule has 0 aliphatic rings. The zero-order valence-corrected chi connectivity index (χ0v) is 11.6. The molecular formula is C15H14N4S. The lowest BCUT2D eigenvalue weighted by molar-refractivity contribution is 1.13. The van der Waals surface area contributed by atoms with E-state index >= 15 is 0 Å². The molecule has 0 radical (unpaired) electrons. The molecule has 100 valence electrons. The third-order valence-corrected chi connectivity index (χ3v) is 3.95. The van der Waals surface area contributed by atoms with Crippen LogP contribution in [0.3, 0.4) is 0 Å². The summed E-state index contributed by atoms with van der Waals surface area (Å²) in [5.41, 5.74) is 4.69. The minimum atomic E-state index is 0.715. The zero-order chi connectivity index (χ0) is 13.8. The third-order valence-electron chi connectivity index (χ3n) is 2.95. The smallest absolute Gasteiger partial charge is 0.144 e. The fraction of sp³-hybridized carbons (Fsp3) is 0.0667. The van der Waals surface area contributed by atoms with Gasteiger partial charge in [-0.1, -0.05) is 24.3 Å². The van der Waals surface area contributed by atoms with Crippen LogP contribution in [0.15, 0.2) is 59.8 Å². The molecule has 3 aromatic rings. The van der Waals surface area contributed by atoms with Gasteiger partial charge < -0.3 is 5.43 Å². The second kappa shape index (κ2) is 5.90. The van der Waals surface area contributed by atoms with Gasteiger partial charge in [0.1, 0.15) is 5.82 Å². The van der Waals surface area contributed by atoms with Crippen LogP contribution in [0.1, 0.15) is 5.56 Å². The number of pyridine rings is 2. The highest BCUT2D eigenvalue weighted by molar-refractivity contribution is 7.98. The first-order chi connectivity index (χ1) is 9.86. The average Bonchev–Trinajstić information content (AvgIpc) is 2.53. The Kier molecular flexibility index (Phi) is 3.80. The number of fused-ring (bicyclic) bond motifs is 1. The van der Waals surface area contributed by atoms with Gasteiger partial charge in [0.2, 0.25) is 0 Å². The van der Waals surface area contributed by atoms with Crippen LogP contribution in [0.2, 0.25) is 0 Å². The molecule has 5 heteroatoms. The molecule has 0 fully saturated rings. The Balaban J connectivity index is 1.90. The normalized spacial score (nSPS) is 10.7. The highest BCUT2D eigenvalue weighted by atomic mass is 32.2. The SMILES string of the molecule is NNc1nc2ccccc2cc1CSc1ccccn1. The summed E-state index contributed by atoms with van der Waals surface area (Å²) in [4.78, 5) is 8.84. The molecule has 0 unspecified atom stereocenters. The molecule has 4 nitrogen and oxygen atoms in total. The van der Waals surface area contributed by atoms with E-state index in [0.717, 1.165) is 27.2 Å². The lowest BCUT2D eigenvalue weighted by atomic mass is 10.1. The molecule has 3 rings (SSSR count). The third kappa shape index (κ3) is 2.74. The molecule has 2 aromatic heterocycles. The van der Waals surface area contributed by atoms with Crippen LogP contribution in [0.25, 0.3) is 10.9 Å². The molecule has 1 aromatic carbocycles. The van der Waals surface area contributed by atoms with Gasteiger partial charge in [-0.25, -0.2) is 15.8 Å². The number of hydrogen-bond donors (Lipinski definition) is 2. The van der Waals surface area contributed by atoms with E-state index in [-0.39, 0.29) is 0 Å².